The van der Waals surface area contributed by atoms with E-state index in [1.165, 1.54) is 36.6 Å². The molecule has 8 nitrogen and oxygen atoms in total. The summed E-state index contributed by atoms with van der Waals surface area (Å²) in [5.74, 6) is 0.798. The molecule has 12 heteroatoms. The lowest BCUT2D eigenvalue weighted by atomic mass is 10.1. The van der Waals surface area contributed by atoms with E-state index in [1.54, 1.807) is 25.2 Å². The number of alkyl halides is 3. The Morgan fingerprint density at radius 2 is 1.68 bits per heavy atom. The van der Waals surface area contributed by atoms with Gasteiger partial charge in [0.1, 0.15) is 6.54 Å². The van der Waals surface area contributed by atoms with Gasteiger partial charge in [-0.05, 0) is 47.7 Å². The molecule has 0 radical (unpaired) electrons. The summed E-state index contributed by atoms with van der Waals surface area (Å²) in [5.41, 5.74) is -0.450. The molecule has 3 amide bonds. The maximum atomic E-state index is 13.5. The van der Waals surface area contributed by atoms with E-state index >= 15 is 0 Å². The van der Waals surface area contributed by atoms with Gasteiger partial charge in [0.05, 0.1) is 38.6 Å². The average molecular weight is 580 g/mol. The molecular weight excluding hydrogens is 547 g/mol. The second-order valence-electron chi connectivity index (χ2n) is 8.72. The van der Waals surface area contributed by atoms with Gasteiger partial charge in [-0.25, -0.2) is 4.79 Å². The van der Waals surface area contributed by atoms with Crippen LogP contribution >= 0.6 is 11.3 Å². The molecule has 0 spiro atoms. The number of benzene rings is 2. The third-order valence-corrected chi connectivity index (χ3v) is 6.91. The maximum Gasteiger partial charge on any atom is 0.418 e. The van der Waals surface area contributed by atoms with E-state index in [-0.39, 0.29) is 25.6 Å². The van der Waals surface area contributed by atoms with Crippen LogP contribution < -0.4 is 14.8 Å². The van der Waals surface area contributed by atoms with Crippen LogP contribution in [0.2, 0.25) is 0 Å². The minimum absolute atomic E-state index is 0.00474. The number of halogens is 3. The highest BCUT2D eigenvalue weighted by molar-refractivity contribution is 7.09. The van der Waals surface area contributed by atoms with E-state index in [9.17, 15) is 22.8 Å². The van der Waals surface area contributed by atoms with Crippen LogP contribution in [0.5, 0.6) is 11.5 Å². The average Bonchev–Trinajstić information content (AvgIpc) is 3.45. The van der Waals surface area contributed by atoms with Gasteiger partial charge in [0.25, 0.3) is 0 Å². The molecule has 3 aromatic rings. The van der Waals surface area contributed by atoms with E-state index < -0.39 is 23.5 Å². The fourth-order valence-electron chi connectivity index (χ4n) is 3.93. The molecule has 0 aliphatic heterocycles. The lowest BCUT2D eigenvalue weighted by Gasteiger charge is -2.28. The highest BCUT2D eigenvalue weighted by Crippen LogP contribution is 2.34. The Hall–Kier alpha value is -3.77. The summed E-state index contributed by atoms with van der Waals surface area (Å²) in [6.07, 6.45) is -4.15. The summed E-state index contributed by atoms with van der Waals surface area (Å²) < 4.78 is 56.1. The number of nitrogens with one attached hydrogen (secondary N) is 1. The quantitative estimate of drug-likeness (QED) is 0.288. The molecule has 0 atom stereocenters. The van der Waals surface area contributed by atoms with Crippen LogP contribution in [0, 0.1) is 0 Å². The molecule has 1 aromatic heterocycles. The molecule has 0 saturated heterocycles. The molecule has 0 unspecified atom stereocenters. The van der Waals surface area contributed by atoms with Crippen molar-refractivity contribution in [2.45, 2.75) is 19.1 Å². The first-order chi connectivity index (χ1) is 19.2. The van der Waals surface area contributed by atoms with Crippen LogP contribution in [-0.4, -0.2) is 69.3 Å². The van der Waals surface area contributed by atoms with Crippen LogP contribution in [0.1, 0.15) is 16.0 Å². The number of carbonyl (C=O) groups excluding carboxylic acids is 2. The Morgan fingerprint density at radius 1 is 0.925 bits per heavy atom. The lowest BCUT2D eigenvalue weighted by Crippen LogP contribution is -2.46. The first-order valence-corrected chi connectivity index (χ1v) is 13.3. The van der Waals surface area contributed by atoms with Crippen molar-refractivity contribution in [3.05, 3.63) is 76.0 Å². The number of anilines is 1. The zero-order chi connectivity index (χ0) is 29.1. The number of rotatable bonds is 13. The van der Waals surface area contributed by atoms with Crippen LogP contribution in [0.3, 0.4) is 0 Å². The highest BCUT2D eigenvalue weighted by Gasteiger charge is 2.34. The molecule has 2 aromatic carbocycles. The van der Waals surface area contributed by atoms with Gasteiger partial charge in [-0.2, -0.15) is 13.2 Å². The van der Waals surface area contributed by atoms with Gasteiger partial charge in [-0.15, -0.1) is 11.3 Å². The van der Waals surface area contributed by atoms with E-state index in [0.717, 1.165) is 21.4 Å². The van der Waals surface area contributed by atoms with Gasteiger partial charge < -0.3 is 29.3 Å². The number of thiophene rings is 1. The largest absolute Gasteiger partial charge is 0.493 e. The van der Waals surface area contributed by atoms with Crippen molar-refractivity contribution in [1.82, 2.24) is 9.80 Å². The SMILES string of the molecule is COCCN(CC(=O)N(CCc1ccc(OC)c(OC)c1)Cc1cccs1)C(=O)Nc1ccccc1C(F)(F)F. The van der Waals surface area contributed by atoms with Crippen LogP contribution in [0.4, 0.5) is 23.7 Å². The van der Waals surface area contributed by atoms with Crippen LogP contribution in [0.15, 0.2) is 60.0 Å². The number of amides is 3. The van der Waals surface area contributed by atoms with Gasteiger partial charge in [-0.3, -0.25) is 4.79 Å². The topological polar surface area (TPSA) is 80.3 Å². The summed E-state index contributed by atoms with van der Waals surface area (Å²) in [6.45, 7) is 0.410. The fourth-order valence-corrected chi connectivity index (χ4v) is 4.65. The minimum atomic E-state index is -4.65. The monoisotopic (exact) mass is 579 g/mol. The van der Waals surface area contributed by atoms with Crippen molar-refractivity contribution in [2.75, 3.05) is 52.9 Å². The second kappa shape index (κ2) is 14.6. The second-order valence-corrected chi connectivity index (χ2v) is 9.75. The van der Waals surface area contributed by atoms with Crippen molar-refractivity contribution in [1.29, 1.82) is 0 Å². The molecule has 0 fully saturated rings. The van der Waals surface area contributed by atoms with Gasteiger partial charge >= 0.3 is 12.2 Å². The summed E-state index contributed by atoms with van der Waals surface area (Å²) >= 11 is 1.50. The van der Waals surface area contributed by atoms with Crippen molar-refractivity contribution in [2.24, 2.45) is 0 Å². The van der Waals surface area contributed by atoms with Gasteiger partial charge in [0.15, 0.2) is 11.5 Å². The van der Waals surface area contributed by atoms with Gasteiger partial charge in [0, 0.05) is 25.1 Å². The van der Waals surface area contributed by atoms with Crippen molar-refractivity contribution in [3.8, 4) is 11.5 Å². The first kappa shape index (κ1) is 30.8. The molecule has 0 aliphatic rings. The first-order valence-electron chi connectivity index (χ1n) is 12.4. The van der Waals surface area contributed by atoms with Crippen molar-refractivity contribution in [3.63, 3.8) is 0 Å². The zero-order valence-electron chi connectivity index (χ0n) is 22.5. The lowest BCUT2D eigenvalue weighted by molar-refractivity contribution is -0.137. The molecule has 0 aliphatic carbocycles. The third kappa shape index (κ3) is 8.62. The number of para-hydroxylation sites is 1. The van der Waals surface area contributed by atoms with Gasteiger partial charge in [-0.1, -0.05) is 24.3 Å². The fraction of sp³-hybridized carbons (Fsp3) is 0.357. The number of methoxy groups -OCH3 is 3. The van der Waals surface area contributed by atoms with Crippen molar-refractivity contribution >= 4 is 29.0 Å². The van der Waals surface area contributed by atoms with E-state index in [4.69, 9.17) is 14.2 Å². The van der Waals surface area contributed by atoms with E-state index in [1.807, 2.05) is 29.6 Å². The molecule has 3 rings (SSSR count). The Kier molecular flexibility index (Phi) is 11.2. The maximum absolute atomic E-state index is 13.5. The van der Waals surface area contributed by atoms with E-state index in [0.29, 0.717) is 31.0 Å². The number of ether oxygens (including phenoxy) is 3. The van der Waals surface area contributed by atoms with Crippen LogP contribution in [0.25, 0.3) is 0 Å². The number of hydrogen-bond acceptors (Lipinski definition) is 6. The van der Waals surface area contributed by atoms with E-state index in [2.05, 4.69) is 5.32 Å². The molecule has 0 bridgehead atoms. The van der Waals surface area contributed by atoms with Crippen LogP contribution in [-0.2, 0) is 28.7 Å². The Morgan fingerprint density at radius 3 is 2.33 bits per heavy atom. The third-order valence-electron chi connectivity index (χ3n) is 6.05. The van der Waals surface area contributed by atoms with Crippen molar-refractivity contribution < 1.29 is 37.0 Å². The summed E-state index contributed by atoms with van der Waals surface area (Å²) in [4.78, 5) is 30.3. The summed E-state index contributed by atoms with van der Waals surface area (Å²) in [7, 11) is 4.52. The molecule has 0 saturated carbocycles. The Balaban J connectivity index is 1.77. The minimum Gasteiger partial charge on any atom is -0.493 e. The standard InChI is InChI=1S/C28H32F3N3O5S/c1-37-15-14-34(27(36)32-23-9-5-4-8-22(23)28(29,30)31)19-26(35)33(18-21-7-6-16-40-21)13-12-20-10-11-24(38-2)25(17-20)39-3/h4-11,16-17H,12-15,18-19H2,1-3H3,(H,32,36). The molecule has 1 N–H and O–H groups in total. The zero-order valence-corrected chi connectivity index (χ0v) is 23.3. The number of urea groups is 1. The predicted octanol–water partition coefficient (Wildman–Crippen LogP) is 5.54. The van der Waals surface area contributed by atoms with Gasteiger partial charge in [0.2, 0.25) is 5.91 Å². The molecule has 40 heavy (non-hydrogen) atoms. The summed E-state index contributed by atoms with van der Waals surface area (Å²) in [5, 5.41) is 4.22. The smallest absolute Gasteiger partial charge is 0.418 e. The molecular formula is C28H32F3N3O5S. The predicted molar refractivity (Wildman–Crippen MR) is 147 cm³/mol. The number of carbonyl (C=O) groups is 2. The number of hydrogen-bond donors (Lipinski definition) is 1. The Bertz CT molecular complexity index is 1250. The highest BCUT2D eigenvalue weighted by atomic mass is 32.1. The molecule has 216 valence electrons. The Labute approximate surface area is 235 Å². The number of nitrogens with zero attached hydrogens (tertiary/aromatic N) is 2. The molecule has 1 heterocycles. The normalized spacial score (nSPS) is 11.2. The summed E-state index contributed by atoms with van der Waals surface area (Å²) in [6, 6.07) is 13.2.